The largest absolute Gasteiger partial charge is 0.348 e. The van der Waals surface area contributed by atoms with Gasteiger partial charge in [0.15, 0.2) is 0 Å². The van der Waals surface area contributed by atoms with Gasteiger partial charge in [-0.25, -0.2) is 22.5 Å². The summed E-state index contributed by atoms with van der Waals surface area (Å²) in [5, 5.41) is 6.03. The first-order valence-corrected chi connectivity index (χ1v) is 11.2. The number of carbonyl (C=O) groups is 1. The van der Waals surface area contributed by atoms with Gasteiger partial charge in [0, 0.05) is 23.2 Å². The summed E-state index contributed by atoms with van der Waals surface area (Å²) >= 11 is 0. The first-order valence-electron chi connectivity index (χ1n) is 11.2. The van der Waals surface area contributed by atoms with Crippen LogP contribution in [0.3, 0.4) is 0 Å². The van der Waals surface area contributed by atoms with Crippen LogP contribution >= 0.6 is 0 Å². The number of nitrogens with one attached hydrogen (secondary N) is 3. The van der Waals surface area contributed by atoms with Gasteiger partial charge in [-0.1, -0.05) is 6.07 Å². The lowest BCUT2D eigenvalue weighted by atomic mass is 9.81. The van der Waals surface area contributed by atoms with Crippen LogP contribution in [0, 0.1) is 17.5 Å². The van der Waals surface area contributed by atoms with E-state index in [-0.39, 0.29) is 22.5 Å². The molecule has 0 spiro atoms. The van der Waals surface area contributed by atoms with Crippen molar-refractivity contribution in [3.8, 4) is 0 Å². The second-order valence-electron chi connectivity index (χ2n) is 9.17. The minimum Gasteiger partial charge on any atom is -0.348 e. The summed E-state index contributed by atoms with van der Waals surface area (Å²) in [5.41, 5.74) is -2.21. The van der Waals surface area contributed by atoms with E-state index < -0.39 is 52.2 Å². The molecule has 7 nitrogen and oxygen atoms in total. The van der Waals surface area contributed by atoms with Gasteiger partial charge in [0.05, 0.1) is 16.9 Å². The van der Waals surface area contributed by atoms with Crippen molar-refractivity contribution in [2.45, 2.75) is 56.3 Å². The fraction of sp³-hybridized carbons (Fsp3) is 0.375. The Morgan fingerprint density at radius 1 is 1.09 bits per heavy atom. The SMILES string of the molecule is C[C@H](NC(=O)[C@H](n1c(=O)[nH]c2ccc(F)cc2c1=O)C12CCC(CC1)N2)c1ccc(F)cc1F. The van der Waals surface area contributed by atoms with Crippen LogP contribution in [0.15, 0.2) is 46.0 Å². The number of hydrogen-bond acceptors (Lipinski definition) is 4. The maximum Gasteiger partial charge on any atom is 0.329 e. The highest BCUT2D eigenvalue weighted by atomic mass is 19.1. The molecule has 10 heteroatoms. The molecule has 178 valence electrons. The van der Waals surface area contributed by atoms with E-state index in [1.807, 2.05) is 0 Å². The number of hydrogen-bond donors (Lipinski definition) is 3. The molecule has 2 saturated heterocycles. The minimum absolute atomic E-state index is 0.0565. The highest BCUT2D eigenvalue weighted by Crippen LogP contribution is 2.44. The topological polar surface area (TPSA) is 96.0 Å². The molecule has 0 aliphatic carbocycles. The Labute approximate surface area is 192 Å². The number of fused-ring (bicyclic) bond motifs is 3. The van der Waals surface area contributed by atoms with Gasteiger partial charge >= 0.3 is 5.69 Å². The number of benzene rings is 2. The standard InChI is InChI=1S/C24H23F3N4O3/c1-12(16-4-2-14(26)11-18(16)27)28-21(32)20(24-8-6-15(30-24)7-9-24)31-22(33)17-10-13(25)3-5-19(17)29-23(31)34/h2-5,10-12,15,20,30H,6-9H2,1H3,(H,28,32)(H,29,34)/t12-,15?,20-,24?/m0/s1. The number of nitrogens with zero attached hydrogens (tertiary/aromatic N) is 1. The smallest absolute Gasteiger partial charge is 0.329 e. The molecule has 2 fully saturated rings. The molecule has 0 radical (unpaired) electrons. The van der Waals surface area contributed by atoms with Crippen LogP contribution in [-0.2, 0) is 4.79 Å². The normalized spacial score (nSPS) is 23.2. The molecule has 0 unspecified atom stereocenters. The molecular formula is C24H23F3N4O3. The van der Waals surface area contributed by atoms with Crippen molar-refractivity contribution in [1.29, 1.82) is 0 Å². The van der Waals surface area contributed by atoms with E-state index in [0.29, 0.717) is 12.8 Å². The lowest BCUT2D eigenvalue weighted by Gasteiger charge is -2.36. The van der Waals surface area contributed by atoms with E-state index in [1.54, 1.807) is 0 Å². The van der Waals surface area contributed by atoms with Gasteiger partial charge in [-0.3, -0.25) is 9.59 Å². The predicted octanol–water partition coefficient (Wildman–Crippen LogP) is 2.81. The summed E-state index contributed by atoms with van der Waals surface area (Å²) in [5.74, 6) is -2.87. The van der Waals surface area contributed by atoms with E-state index >= 15 is 0 Å². The monoisotopic (exact) mass is 472 g/mol. The fourth-order valence-corrected chi connectivity index (χ4v) is 5.45. The summed E-state index contributed by atoms with van der Waals surface area (Å²) < 4.78 is 42.4. The van der Waals surface area contributed by atoms with Gasteiger partial charge in [0.2, 0.25) is 5.91 Å². The molecule has 0 saturated carbocycles. The Hall–Kier alpha value is -3.40. The van der Waals surface area contributed by atoms with Crippen molar-refractivity contribution in [3.05, 3.63) is 80.3 Å². The maximum atomic E-state index is 14.3. The number of amides is 1. The first kappa shape index (κ1) is 22.4. The van der Waals surface area contributed by atoms with E-state index in [0.717, 1.165) is 41.7 Å². The lowest BCUT2D eigenvalue weighted by Crippen LogP contribution is -2.57. The molecular weight excluding hydrogens is 449 g/mol. The van der Waals surface area contributed by atoms with E-state index in [1.165, 1.54) is 19.1 Å². The molecule has 2 bridgehead atoms. The average Bonchev–Trinajstić information content (AvgIpc) is 3.39. The summed E-state index contributed by atoms with van der Waals surface area (Å²) in [4.78, 5) is 42.7. The van der Waals surface area contributed by atoms with Gasteiger partial charge in [-0.2, -0.15) is 0 Å². The van der Waals surface area contributed by atoms with Gasteiger partial charge in [0.25, 0.3) is 5.56 Å². The van der Waals surface area contributed by atoms with Crippen LogP contribution in [0.1, 0.15) is 50.3 Å². The molecule has 1 aromatic heterocycles. The zero-order chi connectivity index (χ0) is 24.2. The summed E-state index contributed by atoms with van der Waals surface area (Å²) in [6.07, 6.45) is 2.67. The maximum absolute atomic E-state index is 14.3. The summed E-state index contributed by atoms with van der Waals surface area (Å²) in [7, 11) is 0. The van der Waals surface area contributed by atoms with Crippen LogP contribution in [0.25, 0.3) is 10.9 Å². The van der Waals surface area contributed by atoms with Crippen molar-refractivity contribution < 1.29 is 18.0 Å². The molecule has 3 heterocycles. The molecule has 1 amide bonds. The highest BCUT2D eigenvalue weighted by Gasteiger charge is 2.53. The molecule has 3 N–H and O–H groups in total. The Balaban J connectivity index is 1.61. The van der Waals surface area contributed by atoms with Gasteiger partial charge in [-0.15, -0.1) is 0 Å². The third-order valence-electron chi connectivity index (χ3n) is 7.08. The zero-order valence-corrected chi connectivity index (χ0v) is 18.3. The van der Waals surface area contributed by atoms with Crippen LogP contribution in [0.5, 0.6) is 0 Å². The third kappa shape index (κ3) is 3.62. The number of carbonyl (C=O) groups excluding carboxylic acids is 1. The number of H-pyrrole nitrogens is 1. The number of aromatic nitrogens is 2. The molecule has 2 aliphatic rings. The molecule has 34 heavy (non-hydrogen) atoms. The van der Waals surface area contributed by atoms with Crippen molar-refractivity contribution in [1.82, 2.24) is 20.2 Å². The predicted molar refractivity (Wildman–Crippen MR) is 119 cm³/mol. The van der Waals surface area contributed by atoms with Crippen LogP contribution in [0.2, 0.25) is 0 Å². The van der Waals surface area contributed by atoms with Crippen LogP contribution < -0.4 is 21.9 Å². The Kier molecular flexibility index (Phi) is 5.35. The van der Waals surface area contributed by atoms with Gasteiger partial charge in [-0.05, 0) is 56.9 Å². The highest BCUT2D eigenvalue weighted by molar-refractivity contribution is 5.83. The third-order valence-corrected chi connectivity index (χ3v) is 7.08. The number of aromatic amines is 1. The van der Waals surface area contributed by atoms with Gasteiger partial charge in [0.1, 0.15) is 23.5 Å². The van der Waals surface area contributed by atoms with E-state index in [4.69, 9.17) is 0 Å². The lowest BCUT2D eigenvalue weighted by molar-refractivity contribution is -0.127. The molecule has 5 rings (SSSR count). The average molecular weight is 472 g/mol. The Morgan fingerprint density at radius 2 is 1.76 bits per heavy atom. The van der Waals surface area contributed by atoms with Crippen molar-refractivity contribution in [2.75, 3.05) is 0 Å². The van der Waals surface area contributed by atoms with Crippen molar-refractivity contribution in [2.24, 2.45) is 0 Å². The number of halogens is 3. The van der Waals surface area contributed by atoms with Crippen LogP contribution in [0.4, 0.5) is 13.2 Å². The second kappa shape index (κ2) is 8.12. The summed E-state index contributed by atoms with van der Waals surface area (Å²) in [6, 6.07) is 4.54. The Bertz CT molecular complexity index is 1410. The first-order chi connectivity index (χ1) is 16.2. The quantitative estimate of drug-likeness (QED) is 0.532. The van der Waals surface area contributed by atoms with Crippen molar-refractivity contribution >= 4 is 16.8 Å². The fourth-order valence-electron chi connectivity index (χ4n) is 5.45. The van der Waals surface area contributed by atoms with E-state index in [2.05, 4.69) is 15.6 Å². The molecule has 2 aliphatic heterocycles. The Morgan fingerprint density at radius 3 is 2.41 bits per heavy atom. The minimum atomic E-state index is -1.25. The summed E-state index contributed by atoms with van der Waals surface area (Å²) in [6.45, 7) is 1.53. The molecule has 3 aromatic rings. The molecule has 2 atom stereocenters. The zero-order valence-electron chi connectivity index (χ0n) is 18.3. The second-order valence-corrected chi connectivity index (χ2v) is 9.17. The van der Waals surface area contributed by atoms with Gasteiger partial charge < -0.3 is 15.6 Å². The van der Waals surface area contributed by atoms with Crippen molar-refractivity contribution in [3.63, 3.8) is 0 Å². The van der Waals surface area contributed by atoms with Crippen LogP contribution in [-0.4, -0.2) is 27.0 Å². The molecule has 2 aromatic carbocycles. The number of rotatable bonds is 5. The van der Waals surface area contributed by atoms with E-state index in [9.17, 15) is 27.6 Å².